The van der Waals surface area contributed by atoms with Crippen LogP contribution in [0, 0.1) is 0 Å². The lowest BCUT2D eigenvalue weighted by atomic mass is 10.3. The number of aromatic nitrogens is 2. The molecule has 2 rings (SSSR count). The van der Waals surface area contributed by atoms with E-state index in [-0.39, 0.29) is 12.5 Å². The van der Waals surface area contributed by atoms with E-state index < -0.39 is 0 Å². The fourth-order valence-corrected chi connectivity index (χ4v) is 2.52. The minimum Gasteiger partial charge on any atom is -0.395 e. The molecule has 0 bridgehead atoms. The van der Waals surface area contributed by atoms with Crippen LogP contribution >= 0.6 is 11.5 Å². The molecular weight excluding hydrogens is 240 g/mol. The molecule has 0 unspecified atom stereocenters. The summed E-state index contributed by atoms with van der Waals surface area (Å²) in [6.07, 6.45) is 0.814. The summed E-state index contributed by atoms with van der Waals surface area (Å²) in [5, 5.41) is 9.65. The van der Waals surface area contributed by atoms with Crippen molar-refractivity contribution in [1.29, 1.82) is 0 Å². The van der Waals surface area contributed by atoms with Crippen LogP contribution in [0.5, 0.6) is 0 Å². The van der Waals surface area contributed by atoms with Crippen molar-refractivity contribution >= 4 is 22.6 Å². The first-order valence-corrected chi connectivity index (χ1v) is 6.48. The number of β-amino-alcohol motifs (C(OH)–C–C–N with tert-alkyl or cyclic N) is 1. The quantitative estimate of drug-likeness (QED) is 0.804. The number of aliphatic hydroxyl groups is 1. The van der Waals surface area contributed by atoms with Gasteiger partial charge in [0.15, 0.2) is 0 Å². The molecular formula is C10H16N4O2S. The number of aliphatic hydroxyl groups excluding tert-OH is 1. The largest absolute Gasteiger partial charge is 0.395 e. The topological polar surface area (TPSA) is 69.6 Å². The van der Waals surface area contributed by atoms with Crippen molar-refractivity contribution in [2.45, 2.75) is 13.3 Å². The number of carbonyl (C=O) groups excluding carboxylic acids is 1. The lowest BCUT2D eigenvalue weighted by Gasteiger charge is -2.33. The highest BCUT2D eigenvalue weighted by Crippen LogP contribution is 2.19. The highest BCUT2D eigenvalue weighted by atomic mass is 32.1. The molecule has 1 N–H and O–H groups in total. The molecule has 2 heterocycles. The Balaban J connectivity index is 1.99. The van der Waals surface area contributed by atoms with Gasteiger partial charge in [-0.25, -0.2) is 4.98 Å². The maximum absolute atomic E-state index is 11.8. The molecule has 7 heteroatoms. The first-order chi connectivity index (χ1) is 8.24. The lowest BCUT2D eigenvalue weighted by Crippen LogP contribution is -2.51. The maximum atomic E-state index is 11.8. The van der Waals surface area contributed by atoms with E-state index >= 15 is 0 Å². The molecule has 0 aromatic carbocycles. The summed E-state index contributed by atoms with van der Waals surface area (Å²) >= 11 is 1.34. The average Bonchev–Trinajstić information content (AvgIpc) is 2.80. The van der Waals surface area contributed by atoms with Gasteiger partial charge in [-0.05, 0) is 0 Å². The van der Waals surface area contributed by atoms with Crippen LogP contribution < -0.4 is 4.90 Å². The van der Waals surface area contributed by atoms with Gasteiger partial charge in [0, 0.05) is 37.6 Å². The Labute approximate surface area is 104 Å². The van der Waals surface area contributed by atoms with Crippen molar-refractivity contribution in [3.63, 3.8) is 0 Å². The van der Waals surface area contributed by atoms with Crippen LogP contribution in [0.1, 0.15) is 12.7 Å². The number of amides is 1. The summed E-state index contributed by atoms with van der Waals surface area (Å²) in [7, 11) is 0. The fourth-order valence-electron chi connectivity index (χ4n) is 1.75. The number of rotatable bonds is 4. The molecule has 1 aromatic rings. The van der Waals surface area contributed by atoms with Gasteiger partial charge in [-0.1, -0.05) is 6.92 Å². The number of carbonyl (C=O) groups is 1. The van der Waals surface area contributed by atoms with Crippen molar-refractivity contribution in [2.24, 2.45) is 0 Å². The third-order valence-electron chi connectivity index (χ3n) is 2.73. The Bertz CT molecular complexity index is 395. The zero-order valence-electron chi connectivity index (χ0n) is 9.80. The summed E-state index contributed by atoms with van der Waals surface area (Å²) in [6, 6.07) is 0. The zero-order chi connectivity index (χ0) is 12.3. The van der Waals surface area contributed by atoms with Crippen LogP contribution in [0.3, 0.4) is 0 Å². The molecule has 1 aliphatic rings. The van der Waals surface area contributed by atoms with Gasteiger partial charge in [-0.15, -0.1) is 0 Å². The van der Waals surface area contributed by atoms with Gasteiger partial charge < -0.3 is 14.9 Å². The van der Waals surface area contributed by atoms with Crippen molar-refractivity contribution < 1.29 is 9.90 Å². The Morgan fingerprint density at radius 2 is 2.29 bits per heavy atom. The lowest BCUT2D eigenvalue weighted by molar-refractivity contribution is -0.131. The smallest absolute Gasteiger partial charge is 0.242 e. The predicted molar refractivity (Wildman–Crippen MR) is 65.2 cm³/mol. The van der Waals surface area contributed by atoms with Crippen LogP contribution in [0.15, 0.2) is 0 Å². The molecule has 0 atom stereocenters. The molecule has 1 aliphatic heterocycles. The van der Waals surface area contributed by atoms with Crippen LogP contribution in [-0.4, -0.2) is 58.1 Å². The fraction of sp³-hybridized carbons (Fsp3) is 0.700. The summed E-state index contributed by atoms with van der Waals surface area (Å²) < 4.78 is 4.21. The van der Waals surface area contributed by atoms with Crippen LogP contribution in [0.25, 0.3) is 0 Å². The van der Waals surface area contributed by atoms with E-state index in [2.05, 4.69) is 9.36 Å². The predicted octanol–water partition coefficient (Wildman–Crippen LogP) is -0.259. The average molecular weight is 256 g/mol. The number of nitrogens with zero attached hydrogens (tertiary/aromatic N) is 4. The monoisotopic (exact) mass is 256 g/mol. The minimum atomic E-state index is 0.0184. The number of hydrogen-bond acceptors (Lipinski definition) is 6. The number of hydrogen-bond donors (Lipinski definition) is 1. The second-order valence-electron chi connectivity index (χ2n) is 3.87. The molecule has 0 radical (unpaired) electrons. The Morgan fingerprint density at radius 3 is 2.88 bits per heavy atom. The molecule has 1 amide bonds. The van der Waals surface area contributed by atoms with Crippen molar-refractivity contribution in [2.75, 3.05) is 37.7 Å². The second kappa shape index (κ2) is 5.42. The van der Waals surface area contributed by atoms with Crippen molar-refractivity contribution in [1.82, 2.24) is 14.3 Å². The molecule has 1 saturated heterocycles. The highest BCUT2D eigenvalue weighted by molar-refractivity contribution is 7.09. The number of anilines is 1. The van der Waals surface area contributed by atoms with E-state index in [4.69, 9.17) is 5.11 Å². The van der Waals surface area contributed by atoms with Gasteiger partial charge in [0.2, 0.25) is 11.0 Å². The zero-order valence-corrected chi connectivity index (χ0v) is 10.6. The van der Waals surface area contributed by atoms with Gasteiger partial charge in [-0.2, -0.15) is 4.37 Å². The SMILES string of the molecule is CCc1nsc(N2CCN(CCO)C(=O)C2)n1. The third-order valence-corrected chi connectivity index (χ3v) is 3.55. The van der Waals surface area contributed by atoms with Crippen molar-refractivity contribution in [3.8, 4) is 0 Å². The molecule has 0 saturated carbocycles. The van der Waals surface area contributed by atoms with Gasteiger partial charge in [0.1, 0.15) is 5.82 Å². The van der Waals surface area contributed by atoms with E-state index in [1.165, 1.54) is 11.5 Å². The maximum Gasteiger partial charge on any atom is 0.242 e. The minimum absolute atomic E-state index is 0.0184. The Morgan fingerprint density at radius 1 is 1.47 bits per heavy atom. The molecule has 0 spiro atoms. The first-order valence-electron chi connectivity index (χ1n) is 5.70. The Kier molecular flexibility index (Phi) is 3.90. The molecule has 0 aliphatic carbocycles. The van der Waals surface area contributed by atoms with Crippen molar-refractivity contribution in [3.05, 3.63) is 5.82 Å². The van der Waals surface area contributed by atoms with Crippen LogP contribution in [0.2, 0.25) is 0 Å². The third kappa shape index (κ3) is 2.73. The van der Waals surface area contributed by atoms with E-state index in [0.29, 0.717) is 19.6 Å². The molecule has 1 fully saturated rings. The van der Waals surface area contributed by atoms with E-state index in [1.54, 1.807) is 4.90 Å². The molecule has 17 heavy (non-hydrogen) atoms. The highest BCUT2D eigenvalue weighted by Gasteiger charge is 2.25. The number of aryl methyl sites for hydroxylation is 1. The van der Waals surface area contributed by atoms with Gasteiger partial charge in [0.05, 0.1) is 13.2 Å². The van der Waals surface area contributed by atoms with E-state index in [1.807, 2.05) is 11.8 Å². The number of piperazine rings is 1. The van der Waals surface area contributed by atoms with Crippen LogP contribution in [0.4, 0.5) is 5.13 Å². The van der Waals surface area contributed by atoms with Gasteiger partial charge in [0.25, 0.3) is 0 Å². The normalized spacial score (nSPS) is 16.7. The molecule has 1 aromatic heterocycles. The molecule has 94 valence electrons. The standard InChI is InChI=1S/C10H16N4O2S/c1-2-8-11-10(17-12-8)14-4-3-13(5-6-15)9(16)7-14/h15H,2-7H2,1H3. The summed E-state index contributed by atoms with van der Waals surface area (Å²) in [6.45, 7) is 4.17. The van der Waals surface area contributed by atoms with E-state index in [0.717, 1.165) is 23.9 Å². The Hall–Kier alpha value is -1.21. The second-order valence-corrected chi connectivity index (χ2v) is 4.60. The summed E-state index contributed by atoms with van der Waals surface area (Å²) in [4.78, 5) is 19.8. The first kappa shape index (κ1) is 12.3. The van der Waals surface area contributed by atoms with Gasteiger partial charge in [-0.3, -0.25) is 4.79 Å². The summed E-state index contributed by atoms with van der Waals surface area (Å²) in [5.41, 5.74) is 0. The van der Waals surface area contributed by atoms with E-state index in [9.17, 15) is 4.79 Å². The molecule has 6 nitrogen and oxygen atoms in total. The summed E-state index contributed by atoms with van der Waals surface area (Å²) in [5.74, 6) is 0.869. The van der Waals surface area contributed by atoms with Crippen LogP contribution in [-0.2, 0) is 11.2 Å². The van der Waals surface area contributed by atoms with Gasteiger partial charge >= 0.3 is 0 Å².